The van der Waals surface area contributed by atoms with Gasteiger partial charge in [0.1, 0.15) is 17.4 Å². The van der Waals surface area contributed by atoms with E-state index in [9.17, 15) is 32.7 Å². The van der Waals surface area contributed by atoms with E-state index in [4.69, 9.17) is 5.11 Å². The van der Waals surface area contributed by atoms with Crippen LogP contribution >= 0.6 is 11.8 Å². The average molecular weight is 483 g/mol. The number of hydrogen-bond donors (Lipinski definition) is 4. The number of phenols is 1. The number of rotatable bonds is 9. The van der Waals surface area contributed by atoms with Gasteiger partial charge in [0.05, 0.1) is 11.8 Å². The molecule has 0 heterocycles. The number of carbonyl (C=O) groups is 3. The quantitative estimate of drug-likeness (QED) is 0.321. The van der Waals surface area contributed by atoms with Gasteiger partial charge in [0, 0.05) is 5.56 Å². The van der Waals surface area contributed by atoms with Crippen LogP contribution < -0.4 is 10.7 Å². The Hall–Kier alpha value is -3.54. The van der Waals surface area contributed by atoms with Gasteiger partial charge in [-0.3, -0.25) is 9.59 Å². The van der Waals surface area contributed by atoms with Crippen molar-refractivity contribution < 1.29 is 37.8 Å². The highest BCUT2D eigenvalue weighted by Gasteiger charge is 2.30. The van der Waals surface area contributed by atoms with Gasteiger partial charge in [-0.2, -0.15) is 30.0 Å². The van der Waals surface area contributed by atoms with E-state index in [1.807, 2.05) is 0 Å². The second kappa shape index (κ2) is 11.4. The normalized spacial score (nSPS) is 12.4. The second-order valence-corrected chi connectivity index (χ2v) is 7.68. The van der Waals surface area contributed by atoms with Crippen molar-refractivity contribution in [2.45, 2.75) is 18.6 Å². The van der Waals surface area contributed by atoms with Crippen molar-refractivity contribution in [1.82, 2.24) is 10.7 Å². The van der Waals surface area contributed by atoms with Crippen LogP contribution in [0, 0.1) is 0 Å². The molecule has 2 amide bonds. The first-order valence-corrected chi connectivity index (χ1v) is 10.8. The molecule has 0 spiro atoms. The number of nitrogens with zero attached hydrogens (tertiary/aromatic N) is 1. The number of carboxylic acids is 1. The molecule has 176 valence electrons. The molecule has 2 aromatic carbocycles. The molecule has 1 unspecified atom stereocenters. The van der Waals surface area contributed by atoms with Gasteiger partial charge in [-0.25, -0.2) is 10.2 Å². The predicted molar refractivity (Wildman–Crippen MR) is 117 cm³/mol. The summed E-state index contributed by atoms with van der Waals surface area (Å²) < 4.78 is 38.1. The largest absolute Gasteiger partial charge is 0.507 e. The first-order chi connectivity index (χ1) is 15.5. The molecule has 4 N–H and O–H groups in total. The number of benzene rings is 2. The van der Waals surface area contributed by atoms with E-state index in [1.165, 1.54) is 17.8 Å². The molecule has 12 heteroatoms. The van der Waals surface area contributed by atoms with Crippen LogP contribution in [-0.4, -0.2) is 52.3 Å². The molecule has 0 saturated carbocycles. The lowest BCUT2D eigenvalue weighted by atomic mass is 10.1. The van der Waals surface area contributed by atoms with Crippen molar-refractivity contribution in [2.75, 3.05) is 12.0 Å². The molecule has 0 fully saturated rings. The monoisotopic (exact) mass is 483 g/mol. The molecular formula is C21H20F3N3O5S. The standard InChI is InChI=1S/C21H20F3N3O5S/c1-33-9-8-16(26-18(29)13-3-5-14(6-4-13)21(22,23)24)19(30)27-25-11-12-2-7-17(28)15(10-12)20(31)32/h2-7,10-11,16,28H,8-9H2,1H3,(H,26,29)(H,27,30)(H,31,32)/b25-11+. The average Bonchev–Trinajstić information content (AvgIpc) is 2.76. The minimum atomic E-state index is -4.53. The fourth-order valence-electron chi connectivity index (χ4n) is 2.61. The van der Waals surface area contributed by atoms with Crippen molar-refractivity contribution >= 4 is 35.8 Å². The van der Waals surface area contributed by atoms with Crippen LogP contribution in [0.2, 0.25) is 0 Å². The third kappa shape index (κ3) is 7.52. The van der Waals surface area contributed by atoms with Gasteiger partial charge >= 0.3 is 12.1 Å². The summed E-state index contributed by atoms with van der Waals surface area (Å²) in [7, 11) is 0. The zero-order valence-corrected chi connectivity index (χ0v) is 18.0. The molecule has 0 aromatic heterocycles. The highest BCUT2D eigenvalue weighted by Crippen LogP contribution is 2.29. The summed E-state index contributed by atoms with van der Waals surface area (Å²) in [5, 5.41) is 24.7. The molecule has 0 aliphatic carbocycles. The highest BCUT2D eigenvalue weighted by molar-refractivity contribution is 7.98. The minimum absolute atomic E-state index is 0.0428. The van der Waals surface area contributed by atoms with Crippen LogP contribution in [0.5, 0.6) is 5.75 Å². The number of alkyl halides is 3. The van der Waals surface area contributed by atoms with E-state index in [0.29, 0.717) is 11.3 Å². The number of carbonyl (C=O) groups excluding carboxylic acids is 2. The van der Waals surface area contributed by atoms with Crippen LogP contribution in [0.4, 0.5) is 13.2 Å². The van der Waals surface area contributed by atoms with E-state index in [2.05, 4.69) is 15.8 Å². The lowest BCUT2D eigenvalue weighted by Gasteiger charge is -2.17. The van der Waals surface area contributed by atoms with Crippen molar-refractivity contribution in [2.24, 2.45) is 5.10 Å². The molecule has 0 bridgehead atoms. The maximum absolute atomic E-state index is 12.7. The van der Waals surface area contributed by atoms with E-state index < -0.39 is 41.3 Å². The van der Waals surface area contributed by atoms with Crippen LogP contribution in [0.3, 0.4) is 0 Å². The third-order valence-corrected chi connectivity index (χ3v) is 4.99. The van der Waals surface area contributed by atoms with Gasteiger partial charge in [-0.05, 0) is 66.5 Å². The Bertz CT molecular complexity index is 1040. The summed E-state index contributed by atoms with van der Waals surface area (Å²) >= 11 is 1.43. The van der Waals surface area contributed by atoms with Crippen molar-refractivity contribution in [3.63, 3.8) is 0 Å². The molecule has 8 nitrogen and oxygen atoms in total. The number of halogens is 3. The van der Waals surface area contributed by atoms with Crippen molar-refractivity contribution in [3.8, 4) is 5.75 Å². The van der Waals surface area contributed by atoms with Crippen LogP contribution in [0.25, 0.3) is 0 Å². The van der Waals surface area contributed by atoms with Gasteiger partial charge in [-0.1, -0.05) is 0 Å². The lowest BCUT2D eigenvalue weighted by molar-refractivity contribution is -0.137. The molecule has 2 rings (SSSR count). The Kier molecular flexibility index (Phi) is 8.85. The number of amides is 2. The van der Waals surface area contributed by atoms with Crippen molar-refractivity contribution in [3.05, 3.63) is 64.7 Å². The Labute approximate surface area is 190 Å². The number of hydrazone groups is 1. The molecular weight excluding hydrogens is 463 g/mol. The zero-order valence-electron chi connectivity index (χ0n) is 17.2. The molecule has 0 saturated heterocycles. The molecule has 0 aliphatic heterocycles. The van der Waals surface area contributed by atoms with Crippen LogP contribution in [0.1, 0.15) is 38.3 Å². The Morgan fingerprint density at radius 3 is 2.39 bits per heavy atom. The summed E-state index contributed by atoms with van der Waals surface area (Å²) in [6.45, 7) is 0. The summed E-state index contributed by atoms with van der Waals surface area (Å²) in [6, 6.07) is 6.28. The molecule has 0 aliphatic rings. The number of aromatic hydroxyl groups is 1. The van der Waals surface area contributed by atoms with E-state index in [0.717, 1.165) is 42.6 Å². The first kappa shape index (κ1) is 25.7. The number of carboxylic acid groups (broad SMARTS) is 1. The fourth-order valence-corrected chi connectivity index (χ4v) is 3.08. The van der Waals surface area contributed by atoms with Crippen LogP contribution in [-0.2, 0) is 11.0 Å². The summed E-state index contributed by atoms with van der Waals surface area (Å²) in [6.07, 6.45) is -1.34. The number of aromatic carboxylic acids is 1. The molecule has 1 atom stereocenters. The molecule has 0 radical (unpaired) electrons. The first-order valence-electron chi connectivity index (χ1n) is 9.39. The van der Waals surface area contributed by atoms with Crippen molar-refractivity contribution in [1.29, 1.82) is 0 Å². The molecule has 33 heavy (non-hydrogen) atoms. The van der Waals surface area contributed by atoms with Gasteiger partial charge in [0.2, 0.25) is 0 Å². The topological polar surface area (TPSA) is 128 Å². The van der Waals surface area contributed by atoms with Crippen LogP contribution in [0.15, 0.2) is 47.6 Å². The Morgan fingerprint density at radius 2 is 1.82 bits per heavy atom. The smallest absolute Gasteiger partial charge is 0.416 e. The maximum Gasteiger partial charge on any atom is 0.416 e. The van der Waals surface area contributed by atoms with Gasteiger partial charge in [0.15, 0.2) is 0 Å². The predicted octanol–water partition coefficient (Wildman–Crippen LogP) is 3.11. The van der Waals surface area contributed by atoms with E-state index in [-0.39, 0.29) is 17.5 Å². The maximum atomic E-state index is 12.7. The number of thioether (sulfide) groups is 1. The van der Waals surface area contributed by atoms with E-state index in [1.54, 1.807) is 6.26 Å². The Balaban J connectivity index is 2.07. The summed E-state index contributed by atoms with van der Waals surface area (Å²) in [5.74, 6) is -2.65. The number of hydrogen-bond acceptors (Lipinski definition) is 6. The lowest BCUT2D eigenvalue weighted by Crippen LogP contribution is -2.45. The summed E-state index contributed by atoms with van der Waals surface area (Å²) in [4.78, 5) is 36.0. The fraction of sp³-hybridized carbons (Fsp3) is 0.238. The number of nitrogens with one attached hydrogen (secondary N) is 2. The zero-order chi connectivity index (χ0) is 24.6. The van der Waals surface area contributed by atoms with Gasteiger partial charge in [0.25, 0.3) is 11.8 Å². The van der Waals surface area contributed by atoms with Gasteiger partial charge in [-0.15, -0.1) is 0 Å². The Morgan fingerprint density at radius 1 is 1.15 bits per heavy atom. The second-order valence-electron chi connectivity index (χ2n) is 6.70. The summed E-state index contributed by atoms with van der Waals surface area (Å²) in [5.41, 5.74) is 1.25. The highest BCUT2D eigenvalue weighted by atomic mass is 32.2. The third-order valence-electron chi connectivity index (χ3n) is 4.35. The van der Waals surface area contributed by atoms with E-state index >= 15 is 0 Å². The van der Waals surface area contributed by atoms with Gasteiger partial charge < -0.3 is 15.5 Å². The minimum Gasteiger partial charge on any atom is -0.507 e. The SMILES string of the molecule is CSCCC(NC(=O)c1ccc(C(F)(F)F)cc1)C(=O)N/N=C/c1ccc(O)c(C(=O)O)c1. The molecule has 2 aromatic rings.